The first-order chi connectivity index (χ1) is 5.79. The molecule has 1 atom stereocenters. The van der Waals surface area contributed by atoms with Gasteiger partial charge in [-0.1, -0.05) is 23.7 Å². The average molecular weight is 181 g/mol. The van der Waals surface area contributed by atoms with E-state index in [1.807, 2.05) is 0 Å². The maximum Gasteiger partial charge on any atom is 0.207 e. The number of hydrogen-bond acceptors (Lipinski definition) is 3. The monoisotopic (exact) mass is 180 g/mol. The van der Waals surface area contributed by atoms with E-state index in [1.54, 1.807) is 24.3 Å². The highest BCUT2D eigenvalue weighted by atomic mass is 35.5. The Bertz CT molecular complexity index is 362. The van der Waals surface area contributed by atoms with Crippen molar-refractivity contribution in [3.05, 3.63) is 29.8 Å². The summed E-state index contributed by atoms with van der Waals surface area (Å²) in [5.41, 5.74) is 0.298. The van der Waals surface area contributed by atoms with Gasteiger partial charge in [-0.15, -0.1) is 0 Å². The lowest BCUT2D eigenvalue weighted by Gasteiger charge is -2.09. The lowest BCUT2D eigenvalue weighted by atomic mass is 10.1. The fourth-order valence-corrected chi connectivity index (χ4v) is 1.22. The second kappa shape index (κ2) is 2.68. The van der Waals surface area contributed by atoms with Crippen molar-refractivity contribution in [2.24, 2.45) is 10.2 Å². The van der Waals surface area contributed by atoms with Crippen molar-refractivity contribution >= 4 is 23.1 Å². The Labute approximate surface area is 74.1 Å². The highest BCUT2D eigenvalue weighted by molar-refractivity contribution is 6.34. The number of halogens is 1. The maximum absolute atomic E-state index is 11.3. The molecule has 0 amide bonds. The molecular weight excluding hydrogens is 176 g/mol. The van der Waals surface area contributed by atoms with Crippen molar-refractivity contribution in [1.29, 1.82) is 0 Å². The summed E-state index contributed by atoms with van der Waals surface area (Å²) in [4.78, 5) is 11.3. The van der Waals surface area contributed by atoms with Crippen molar-refractivity contribution in [1.82, 2.24) is 0 Å². The van der Waals surface area contributed by atoms with Gasteiger partial charge >= 0.3 is 0 Å². The molecule has 0 bridgehead atoms. The van der Waals surface area contributed by atoms with Crippen molar-refractivity contribution in [3.63, 3.8) is 0 Å². The molecule has 0 saturated carbocycles. The summed E-state index contributed by atoms with van der Waals surface area (Å²) in [5, 5.41) is 7.39. The second-order valence-corrected chi connectivity index (χ2v) is 2.85. The number of rotatable bonds is 0. The molecule has 12 heavy (non-hydrogen) atoms. The summed E-state index contributed by atoms with van der Waals surface area (Å²) >= 11 is 5.58. The van der Waals surface area contributed by atoms with E-state index in [4.69, 9.17) is 11.6 Å². The van der Waals surface area contributed by atoms with E-state index in [9.17, 15) is 4.79 Å². The van der Waals surface area contributed by atoms with Crippen LogP contribution in [0.25, 0.3) is 0 Å². The summed E-state index contributed by atoms with van der Waals surface area (Å²) in [6, 6.07) is 7.02. The molecule has 2 rings (SSSR count). The zero-order chi connectivity index (χ0) is 8.55. The van der Waals surface area contributed by atoms with Gasteiger partial charge in [0.2, 0.25) is 11.3 Å². The van der Waals surface area contributed by atoms with Crippen LogP contribution in [0.5, 0.6) is 0 Å². The molecule has 1 aliphatic heterocycles. The average Bonchev–Trinajstić information content (AvgIpc) is 2.12. The van der Waals surface area contributed by atoms with E-state index in [1.165, 1.54) is 0 Å². The van der Waals surface area contributed by atoms with Crippen LogP contribution in [-0.4, -0.2) is 11.3 Å². The first-order valence-electron chi connectivity index (χ1n) is 3.47. The second-order valence-electron chi connectivity index (χ2n) is 2.43. The molecule has 1 aromatic rings. The van der Waals surface area contributed by atoms with Crippen LogP contribution in [-0.2, 0) is 0 Å². The fraction of sp³-hybridized carbons (Fsp3) is 0.125. The number of azo groups is 1. The molecule has 0 N–H and O–H groups in total. The largest absolute Gasteiger partial charge is 0.290 e. The highest BCUT2D eigenvalue weighted by Gasteiger charge is 2.23. The smallest absolute Gasteiger partial charge is 0.207 e. The van der Waals surface area contributed by atoms with Gasteiger partial charge in [-0.2, -0.15) is 10.2 Å². The van der Waals surface area contributed by atoms with Crippen LogP contribution in [0.4, 0.5) is 5.69 Å². The number of carbonyl (C=O) groups excluding carboxylic acids is 1. The van der Waals surface area contributed by atoms with Crippen molar-refractivity contribution in [3.8, 4) is 0 Å². The molecule has 0 aromatic heterocycles. The molecule has 0 radical (unpaired) electrons. The van der Waals surface area contributed by atoms with Crippen LogP contribution in [0, 0.1) is 0 Å². The Kier molecular flexibility index (Phi) is 1.66. The Hall–Kier alpha value is -1.22. The van der Waals surface area contributed by atoms with Gasteiger partial charge in [-0.25, -0.2) is 0 Å². The van der Waals surface area contributed by atoms with E-state index < -0.39 is 5.50 Å². The zero-order valence-corrected chi connectivity index (χ0v) is 6.82. The summed E-state index contributed by atoms with van der Waals surface area (Å²) in [5.74, 6) is -0.178. The molecule has 0 aliphatic carbocycles. The molecule has 60 valence electrons. The number of alkyl halides is 1. The molecule has 1 aromatic carbocycles. The first kappa shape index (κ1) is 7.43. The van der Waals surface area contributed by atoms with E-state index in [0.717, 1.165) is 0 Å². The molecule has 4 heteroatoms. The van der Waals surface area contributed by atoms with Gasteiger partial charge < -0.3 is 0 Å². The Morgan fingerprint density at radius 3 is 2.92 bits per heavy atom. The number of ketones is 1. The molecule has 0 fully saturated rings. The van der Waals surface area contributed by atoms with Crippen LogP contribution in [0.1, 0.15) is 10.4 Å². The third-order valence-corrected chi connectivity index (χ3v) is 1.94. The first-order valence-corrected chi connectivity index (χ1v) is 3.91. The van der Waals surface area contributed by atoms with Crippen LogP contribution in [0.2, 0.25) is 0 Å². The maximum atomic E-state index is 11.3. The summed E-state index contributed by atoms with van der Waals surface area (Å²) in [6.07, 6.45) is 0. The standard InChI is InChI=1S/C8H5ClN2O/c9-8-7(12)5-3-1-2-4-6(5)10-11-8/h1-4,8H. The minimum Gasteiger partial charge on any atom is -0.290 e. The SMILES string of the molecule is O=C1c2ccccc2N=NC1Cl. The fourth-order valence-electron chi connectivity index (χ4n) is 1.06. The summed E-state index contributed by atoms with van der Waals surface area (Å²) in [6.45, 7) is 0. The number of Topliss-reactive ketones (excluding diaryl/α,β-unsaturated/α-hetero) is 1. The van der Waals surface area contributed by atoms with E-state index >= 15 is 0 Å². The van der Waals surface area contributed by atoms with Crippen LogP contribution in [0.15, 0.2) is 34.5 Å². The number of carbonyl (C=O) groups is 1. The lowest BCUT2D eigenvalue weighted by Crippen LogP contribution is -2.14. The molecule has 1 aliphatic rings. The van der Waals surface area contributed by atoms with Crippen LogP contribution in [0.3, 0.4) is 0 Å². The van der Waals surface area contributed by atoms with Crippen molar-refractivity contribution < 1.29 is 4.79 Å². The van der Waals surface area contributed by atoms with Gasteiger partial charge in [0.1, 0.15) is 0 Å². The highest BCUT2D eigenvalue weighted by Crippen LogP contribution is 2.27. The minimum atomic E-state index is -0.847. The Balaban J connectivity index is 2.59. The number of fused-ring (bicyclic) bond motifs is 1. The van der Waals surface area contributed by atoms with Crippen LogP contribution < -0.4 is 0 Å². The van der Waals surface area contributed by atoms with E-state index in [0.29, 0.717) is 11.3 Å². The molecule has 3 nitrogen and oxygen atoms in total. The van der Waals surface area contributed by atoms with E-state index in [-0.39, 0.29) is 5.78 Å². The minimum absolute atomic E-state index is 0.178. The number of benzene rings is 1. The quantitative estimate of drug-likeness (QED) is 0.447. The Morgan fingerprint density at radius 1 is 1.33 bits per heavy atom. The zero-order valence-electron chi connectivity index (χ0n) is 6.07. The van der Waals surface area contributed by atoms with Crippen molar-refractivity contribution in [2.75, 3.05) is 0 Å². The number of nitrogens with zero attached hydrogens (tertiary/aromatic N) is 2. The molecule has 1 heterocycles. The third kappa shape index (κ3) is 1.02. The lowest BCUT2D eigenvalue weighted by molar-refractivity contribution is 0.0984. The predicted octanol–water partition coefficient (Wildman–Crippen LogP) is 2.53. The number of hydrogen-bond donors (Lipinski definition) is 0. The summed E-state index contributed by atoms with van der Waals surface area (Å²) < 4.78 is 0. The van der Waals surface area contributed by atoms with Gasteiger partial charge in [-0.05, 0) is 12.1 Å². The van der Waals surface area contributed by atoms with Gasteiger partial charge in [0.05, 0.1) is 5.69 Å². The van der Waals surface area contributed by atoms with Crippen molar-refractivity contribution in [2.45, 2.75) is 5.50 Å². The molecule has 0 spiro atoms. The van der Waals surface area contributed by atoms with Gasteiger partial charge in [0, 0.05) is 5.56 Å². The molecular formula is C8H5ClN2O. The van der Waals surface area contributed by atoms with Gasteiger partial charge in [-0.3, -0.25) is 4.79 Å². The Morgan fingerprint density at radius 2 is 2.08 bits per heavy atom. The third-order valence-electron chi connectivity index (χ3n) is 1.65. The molecule has 1 unspecified atom stereocenters. The molecule has 0 saturated heterocycles. The van der Waals surface area contributed by atoms with E-state index in [2.05, 4.69) is 10.2 Å². The summed E-state index contributed by atoms with van der Waals surface area (Å²) in [7, 11) is 0. The predicted molar refractivity (Wildman–Crippen MR) is 44.9 cm³/mol. The normalized spacial score (nSPS) is 20.8. The van der Waals surface area contributed by atoms with Crippen LogP contribution >= 0.6 is 11.6 Å². The van der Waals surface area contributed by atoms with Gasteiger partial charge in [0.25, 0.3) is 0 Å². The van der Waals surface area contributed by atoms with Gasteiger partial charge in [0.15, 0.2) is 0 Å². The topological polar surface area (TPSA) is 41.8 Å².